The van der Waals surface area contributed by atoms with E-state index in [4.69, 9.17) is 4.74 Å². The van der Waals surface area contributed by atoms with Gasteiger partial charge in [0.1, 0.15) is 0 Å². The van der Waals surface area contributed by atoms with Crippen molar-refractivity contribution in [3.63, 3.8) is 0 Å². The van der Waals surface area contributed by atoms with Crippen LogP contribution >= 0.6 is 0 Å². The summed E-state index contributed by atoms with van der Waals surface area (Å²) in [5.41, 5.74) is 2.28. The molecule has 1 aromatic heterocycles. The molecular weight excluding hydrogens is 340 g/mol. The van der Waals surface area contributed by atoms with Crippen LogP contribution in [-0.4, -0.2) is 73.1 Å². The normalized spacial score (nSPS) is 15.7. The van der Waals surface area contributed by atoms with E-state index in [2.05, 4.69) is 50.9 Å². The summed E-state index contributed by atoms with van der Waals surface area (Å²) in [7, 11) is 0. The molecule has 1 saturated heterocycles. The number of para-hydroxylation sites is 1. The molecule has 0 bridgehead atoms. The highest BCUT2D eigenvalue weighted by molar-refractivity contribution is 5.79. The van der Waals surface area contributed by atoms with Crippen LogP contribution in [0.2, 0.25) is 0 Å². The van der Waals surface area contributed by atoms with Crippen LogP contribution in [0.25, 0.3) is 5.69 Å². The van der Waals surface area contributed by atoms with Gasteiger partial charge in [-0.25, -0.2) is 4.68 Å². The maximum atomic E-state index is 5.38. The number of benzene rings is 1. The fraction of sp³-hybridized carbons (Fsp3) is 0.500. The summed E-state index contributed by atoms with van der Waals surface area (Å²) in [5, 5.41) is 11.2. The van der Waals surface area contributed by atoms with Crippen LogP contribution in [0.3, 0.4) is 0 Å². The molecule has 146 valence electrons. The fourth-order valence-electron chi connectivity index (χ4n) is 3.01. The van der Waals surface area contributed by atoms with Gasteiger partial charge in [0.25, 0.3) is 0 Å². The summed E-state index contributed by atoms with van der Waals surface area (Å²) < 4.78 is 7.30. The molecule has 0 atom stereocenters. The molecule has 2 aromatic rings. The van der Waals surface area contributed by atoms with Gasteiger partial charge < -0.3 is 15.4 Å². The van der Waals surface area contributed by atoms with Crippen LogP contribution in [0.1, 0.15) is 12.5 Å². The summed E-state index contributed by atoms with van der Waals surface area (Å²) in [6.45, 7) is 9.21. The maximum absolute atomic E-state index is 5.38. The number of guanidine groups is 1. The zero-order valence-corrected chi connectivity index (χ0v) is 16.1. The first-order chi connectivity index (χ1) is 13.3. The first kappa shape index (κ1) is 19.4. The van der Waals surface area contributed by atoms with E-state index in [0.717, 1.165) is 70.6 Å². The fourth-order valence-corrected chi connectivity index (χ4v) is 3.01. The lowest BCUT2D eigenvalue weighted by molar-refractivity contribution is 0.0394. The van der Waals surface area contributed by atoms with E-state index in [1.165, 1.54) is 5.56 Å². The molecule has 0 aliphatic carbocycles. The molecule has 7 heteroatoms. The van der Waals surface area contributed by atoms with Crippen molar-refractivity contribution < 1.29 is 4.74 Å². The Labute approximate surface area is 161 Å². The second kappa shape index (κ2) is 10.7. The van der Waals surface area contributed by atoms with Crippen molar-refractivity contribution in [2.24, 2.45) is 4.99 Å². The van der Waals surface area contributed by atoms with Crippen LogP contribution in [0.5, 0.6) is 0 Å². The van der Waals surface area contributed by atoms with Crippen molar-refractivity contribution in [3.05, 3.63) is 48.3 Å². The Morgan fingerprint density at radius 2 is 2.00 bits per heavy atom. The highest BCUT2D eigenvalue weighted by Crippen LogP contribution is 2.07. The summed E-state index contributed by atoms with van der Waals surface area (Å²) in [6, 6.07) is 10.2. The van der Waals surface area contributed by atoms with Crippen LogP contribution < -0.4 is 10.6 Å². The molecule has 1 aromatic carbocycles. The van der Waals surface area contributed by atoms with Crippen molar-refractivity contribution >= 4 is 5.96 Å². The van der Waals surface area contributed by atoms with E-state index in [1.807, 2.05) is 29.1 Å². The molecule has 1 aliphatic heterocycles. The molecule has 27 heavy (non-hydrogen) atoms. The van der Waals surface area contributed by atoms with Crippen LogP contribution in [0, 0.1) is 0 Å². The number of nitrogens with one attached hydrogen (secondary N) is 2. The molecule has 0 radical (unpaired) electrons. The van der Waals surface area contributed by atoms with Gasteiger partial charge in [-0.3, -0.25) is 9.89 Å². The van der Waals surface area contributed by atoms with Gasteiger partial charge in [-0.2, -0.15) is 5.10 Å². The van der Waals surface area contributed by atoms with Crippen molar-refractivity contribution in [2.45, 2.75) is 13.3 Å². The third kappa shape index (κ3) is 6.37. The van der Waals surface area contributed by atoms with Gasteiger partial charge >= 0.3 is 0 Å². The Morgan fingerprint density at radius 1 is 1.19 bits per heavy atom. The first-order valence-corrected chi connectivity index (χ1v) is 9.76. The third-order valence-electron chi connectivity index (χ3n) is 4.50. The van der Waals surface area contributed by atoms with Gasteiger partial charge in [-0.1, -0.05) is 18.2 Å². The summed E-state index contributed by atoms with van der Waals surface area (Å²) in [5.74, 6) is 0.876. The number of aromatic nitrogens is 2. The molecule has 7 nitrogen and oxygen atoms in total. The summed E-state index contributed by atoms with van der Waals surface area (Å²) >= 11 is 0. The predicted octanol–water partition coefficient (Wildman–Crippen LogP) is 1.30. The molecule has 2 N–H and O–H groups in total. The maximum Gasteiger partial charge on any atom is 0.191 e. The molecule has 3 rings (SSSR count). The molecule has 0 unspecified atom stereocenters. The molecule has 2 heterocycles. The lowest BCUT2D eigenvalue weighted by Crippen LogP contribution is -2.40. The average Bonchev–Trinajstić information content (AvgIpc) is 3.18. The smallest absolute Gasteiger partial charge is 0.191 e. The monoisotopic (exact) mass is 370 g/mol. The predicted molar refractivity (Wildman–Crippen MR) is 109 cm³/mol. The van der Waals surface area contributed by atoms with Crippen LogP contribution in [0.15, 0.2) is 47.7 Å². The number of nitrogens with zero attached hydrogens (tertiary/aromatic N) is 4. The number of morpholine rings is 1. The zero-order valence-electron chi connectivity index (χ0n) is 16.1. The molecule has 0 amide bonds. The van der Waals surface area contributed by atoms with Gasteiger partial charge in [-0.05, 0) is 31.0 Å². The van der Waals surface area contributed by atoms with E-state index in [1.54, 1.807) is 0 Å². The topological polar surface area (TPSA) is 66.7 Å². The van der Waals surface area contributed by atoms with E-state index in [-0.39, 0.29) is 0 Å². The van der Waals surface area contributed by atoms with Crippen molar-refractivity contribution in [3.8, 4) is 5.69 Å². The zero-order chi connectivity index (χ0) is 18.7. The van der Waals surface area contributed by atoms with E-state index < -0.39 is 0 Å². The van der Waals surface area contributed by atoms with Gasteiger partial charge in [0, 0.05) is 38.9 Å². The number of aliphatic imine (C=N–C) groups is 1. The Bertz CT molecular complexity index is 694. The van der Waals surface area contributed by atoms with Crippen molar-refractivity contribution in [1.29, 1.82) is 0 Å². The molecular formula is C20H30N6O. The minimum absolute atomic E-state index is 0.793. The van der Waals surface area contributed by atoms with E-state index in [9.17, 15) is 0 Å². The highest BCUT2D eigenvalue weighted by atomic mass is 16.5. The van der Waals surface area contributed by atoms with Gasteiger partial charge in [0.15, 0.2) is 5.96 Å². The Balaban J connectivity index is 1.43. The minimum Gasteiger partial charge on any atom is -0.379 e. The second-order valence-electron chi connectivity index (χ2n) is 6.52. The van der Waals surface area contributed by atoms with Gasteiger partial charge in [-0.15, -0.1) is 0 Å². The molecule has 1 fully saturated rings. The Kier molecular flexibility index (Phi) is 7.68. The largest absolute Gasteiger partial charge is 0.379 e. The van der Waals surface area contributed by atoms with E-state index in [0.29, 0.717) is 0 Å². The van der Waals surface area contributed by atoms with E-state index >= 15 is 0 Å². The van der Waals surface area contributed by atoms with Crippen LogP contribution in [-0.2, 0) is 11.2 Å². The third-order valence-corrected chi connectivity index (χ3v) is 4.50. The summed E-state index contributed by atoms with van der Waals surface area (Å²) in [4.78, 5) is 7.08. The van der Waals surface area contributed by atoms with Crippen molar-refractivity contribution in [2.75, 3.05) is 52.5 Å². The molecule has 1 aliphatic rings. The number of rotatable bonds is 8. The molecule has 0 saturated carbocycles. The first-order valence-electron chi connectivity index (χ1n) is 9.76. The number of hydrogen-bond donors (Lipinski definition) is 2. The Morgan fingerprint density at radius 3 is 2.78 bits per heavy atom. The van der Waals surface area contributed by atoms with Crippen molar-refractivity contribution in [1.82, 2.24) is 25.3 Å². The highest BCUT2D eigenvalue weighted by Gasteiger charge is 2.09. The quantitative estimate of drug-likeness (QED) is 0.542. The minimum atomic E-state index is 0.793. The lowest BCUT2D eigenvalue weighted by Gasteiger charge is -2.25. The lowest BCUT2D eigenvalue weighted by atomic mass is 10.2. The van der Waals surface area contributed by atoms with Gasteiger partial charge in [0.2, 0.25) is 0 Å². The van der Waals surface area contributed by atoms with Crippen LogP contribution in [0.4, 0.5) is 0 Å². The SMILES string of the molecule is CCNC(=NCCN1CCOCC1)NCCc1cnn(-c2ccccc2)c1. The number of ether oxygens (including phenoxy) is 1. The standard InChI is InChI=1S/C20H30N6O/c1-2-21-20(23-10-11-25-12-14-27-15-13-25)22-9-8-18-16-24-26(17-18)19-6-4-3-5-7-19/h3-7,16-17H,2,8-15H2,1H3,(H2,21,22,23). The molecule has 0 spiro atoms. The summed E-state index contributed by atoms with van der Waals surface area (Å²) in [6.07, 6.45) is 4.91. The Hall–Kier alpha value is -2.38. The van der Waals surface area contributed by atoms with Gasteiger partial charge in [0.05, 0.1) is 31.6 Å². The number of hydrogen-bond acceptors (Lipinski definition) is 4. The second-order valence-corrected chi connectivity index (χ2v) is 6.52. The average molecular weight is 371 g/mol.